The average molecular weight is 326 g/mol. The Hall–Kier alpha value is -3.02. The number of anilines is 2. The smallest absolute Gasteiger partial charge is 0.331 e. The molecule has 0 aromatic heterocycles. The van der Waals surface area contributed by atoms with Gasteiger partial charge in [-0.05, 0) is 48.9 Å². The van der Waals surface area contributed by atoms with Gasteiger partial charge in [0, 0.05) is 5.69 Å². The lowest BCUT2D eigenvalue weighted by Crippen LogP contribution is -2.41. The maximum atomic E-state index is 12.3. The molecule has 2 aromatic rings. The van der Waals surface area contributed by atoms with E-state index in [9.17, 15) is 9.59 Å². The number of esters is 1. The first-order valence-electron chi connectivity index (χ1n) is 7.55. The Balaban J connectivity index is 1.72. The van der Waals surface area contributed by atoms with Crippen molar-refractivity contribution < 1.29 is 19.1 Å². The van der Waals surface area contributed by atoms with E-state index in [-0.39, 0.29) is 25.0 Å². The summed E-state index contributed by atoms with van der Waals surface area (Å²) in [5, 5.41) is 2.81. The summed E-state index contributed by atoms with van der Waals surface area (Å²) in [5.41, 5.74) is 2.46. The molecule has 0 aliphatic carbocycles. The van der Waals surface area contributed by atoms with Crippen LogP contribution in [0.15, 0.2) is 42.5 Å². The summed E-state index contributed by atoms with van der Waals surface area (Å²) in [7, 11) is 1.59. The molecule has 2 aromatic carbocycles. The molecule has 0 bridgehead atoms. The van der Waals surface area contributed by atoms with Gasteiger partial charge in [-0.25, -0.2) is 4.79 Å². The summed E-state index contributed by atoms with van der Waals surface area (Å²) in [6, 6.07) is 12.6. The van der Waals surface area contributed by atoms with Gasteiger partial charge >= 0.3 is 5.97 Å². The quantitative estimate of drug-likeness (QED) is 0.690. The predicted molar refractivity (Wildman–Crippen MR) is 90.7 cm³/mol. The normalized spacial score (nSPS) is 13.1. The van der Waals surface area contributed by atoms with Crippen LogP contribution in [-0.2, 0) is 9.59 Å². The summed E-state index contributed by atoms with van der Waals surface area (Å²) in [6.07, 6.45) is 0. The van der Waals surface area contributed by atoms with Gasteiger partial charge in [-0.1, -0.05) is 6.07 Å². The van der Waals surface area contributed by atoms with Gasteiger partial charge in [-0.15, -0.1) is 0 Å². The van der Waals surface area contributed by atoms with Crippen molar-refractivity contribution in [3.05, 3.63) is 48.0 Å². The largest absolute Gasteiger partial charge is 0.497 e. The van der Waals surface area contributed by atoms with E-state index < -0.39 is 0 Å². The van der Waals surface area contributed by atoms with Crippen LogP contribution in [0.4, 0.5) is 11.4 Å². The highest BCUT2D eigenvalue weighted by molar-refractivity contribution is 5.96. The Morgan fingerprint density at radius 1 is 1.25 bits per heavy atom. The first-order valence-corrected chi connectivity index (χ1v) is 7.55. The van der Waals surface area contributed by atoms with Crippen molar-refractivity contribution in [2.75, 3.05) is 30.4 Å². The SMILES string of the molecule is COc1ccc(NC(=O)CN2CC(=O)Oc3ccc(C)cc32)cc1. The Labute approximate surface area is 140 Å². The summed E-state index contributed by atoms with van der Waals surface area (Å²) in [4.78, 5) is 25.7. The van der Waals surface area contributed by atoms with Crippen LogP contribution in [0.3, 0.4) is 0 Å². The number of rotatable bonds is 4. The van der Waals surface area contributed by atoms with Crippen molar-refractivity contribution >= 4 is 23.3 Å². The minimum Gasteiger partial charge on any atom is -0.497 e. The fourth-order valence-electron chi connectivity index (χ4n) is 2.55. The van der Waals surface area contributed by atoms with Gasteiger partial charge in [0.1, 0.15) is 12.3 Å². The van der Waals surface area contributed by atoms with Gasteiger partial charge in [0.2, 0.25) is 5.91 Å². The Bertz CT molecular complexity index is 771. The molecule has 0 saturated carbocycles. The molecule has 3 rings (SSSR count). The zero-order valence-corrected chi connectivity index (χ0v) is 13.5. The topological polar surface area (TPSA) is 67.9 Å². The van der Waals surface area contributed by atoms with E-state index in [0.29, 0.717) is 11.4 Å². The number of hydrogen-bond acceptors (Lipinski definition) is 5. The summed E-state index contributed by atoms with van der Waals surface area (Å²) >= 11 is 0. The Morgan fingerprint density at radius 2 is 2.00 bits per heavy atom. The molecule has 1 amide bonds. The highest BCUT2D eigenvalue weighted by atomic mass is 16.5. The second-order valence-corrected chi connectivity index (χ2v) is 5.58. The number of nitrogens with zero attached hydrogens (tertiary/aromatic N) is 1. The molecular formula is C18H18N2O4. The van der Waals surface area contributed by atoms with Crippen molar-refractivity contribution in [2.45, 2.75) is 6.92 Å². The van der Waals surface area contributed by atoms with Crippen molar-refractivity contribution in [3.63, 3.8) is 0 Å². The number of benzene rings is 2. The minimum atomic E-state index is -0.372. The number of amides is 1. The second kappa shape index (κ2) is 6.62. The Morgan fingerprint density at radius 3 is 2.71 bits per heavy atom. The van der Waals surface area contributed by atoms with Gasteiger partial charge < -0.3 is 19.7 Å². The number of fused-ring (bicyclic) bond motifs is 1. The van der Waals surface area contributed by atoms with Crippen LogP contribution in [0.25, 0.3) is 0 Å². The number of ether oxygens (including phenoxy) is 2. The number of hydrogen-bond donors (Lipinski definition) is 1. The molecular weight excluding hydrogens is 308 g/mol. The molecule has 0 radical (unpaired) electrons. The molecule has 0 atom stereocenters. The Kier molecular flexibility index (Phi) is 4.37. The first-order chi connectivity index (χ1) is 11.5. The van der Waals surface area contributed by atoms with Crippen molar-refractivity contribution in [3.8, 4) is 11.5 Å². The zero-order valence-electron chi connectivity index (χ0n) is 13.5. The summed E-state index contributed by atoms with van der Waals surface area (Å²) in [5.74, 6) is 0.621. The van der Waals surface area contributed by atoms with Gasteiger partial charge in [-0.2, -0.15) is 0 Å². The van der Waals surface area contributed by atoms with Gasteiger partial charge in [0.25, 0.3) is 0 Å². The maximum Gasteiger partial charge on any atom is 0.331 e. The van der Waals surface area contributed by atoms with Crippen LogP contribution in [0.1, 0.15) is 5.56 Å². The number of carbonyl (C=O) groups is 2. The fourth-order valence-corrected chi connectivity index (χ4v) is 2.55. The number of carbonyl (C=O) groups excluding carboxylic acids is 2. The van der Waals surface area contributed by atoms with E-state index in [4.69, 9.17) is 9.47 Å². The van der Waals surface area contributed by atoms with Crippen molar-refractivity contribution in [1.29, 1.82) is 0 Å². The maximum absolute atomic E-state index is 12.3. The predicted octanol–water partition coefficient (Wildman–Crippen LogP) is 2.37. The van der Waals surface area contributed by atoms with Crippen molar-refractivity contribution in [2.24, 2.45) is 0 Å². The minimum absolute atomic E-state index is 0.0481. The van der Waals surface area contributed by atoms with E-state index in [1.165, 1.54) is 0 Å². The van der Waals surface area contributed by atoms with Crippen LogP contribution in [0.5, 0.6) is 11.5 Å². The highest BCUT2D eigenvalue weighted by Crippen LogP contribution is 2.32. The lowest BCUT2D eigenvalue weighted by atomic mass is 10.1. The molecule has 0 unspecified atom stereocenters. The standard InChI is InChI=1S/C18H18N2O4/c1-12-3-8-16-15(9-12)20(11-18(22)24-16)10-17(21)19-13-4-6-14(23-2)7-5-13/h3-9H,10-11H2,1-2H3,(H,19,21). The molecule has 24 heavy (non-hydrogen) atoms. The molecule has 1 aliphatic rings. The van der Waals surface area contributed by atoms with E-state index in [1.54, 1.807) is 42.3 Å². The molecule has 0 fully saturated rings. The third-order valence-corrected chi connectivity index (χ3v) is 3.71. The van der Waals surface area contributed by atoms with Gasteiger partial charge in [0.05, 0.1) is 19.3 Å². The van der Waals surface area contributed by atoms with E-state index in [0.717, 1.165) is 17.0 Å². The summed E-state index contributed by atoms with van der Waals surface area (Å²) < 4.78 is 10.3. The molecule has 1 aliphatic heterocycles. The van der Waals surface area contributed by atoms with E-state index in [2.05, 4.69) is 5.32 Å². The van der Waals surface area contributed by atoms with Crippen LogP contribution in [-0.4, -0.2) is 32.1 Å². The lowest BCUT2D eigenvalue weighted by molar-refractivity contribution is -0.133. The zero-order chi connectivity index (χ0) is 17.1. The van der Waals surface area contributed by atoms with Crippen LogP contribution in [0, 0.1) is 6.92 Å². The third kappa shape index (κ3) is 3.48. The van der Waals surface area contributed by atoms with Crippen LogP contribution >= 0.6 is 0 Å². The van der Waals surface area contributed by atoms with Crippen LogP contribution in [0.2, 0.25) is 0 Å². The monoisotopic (exact) mass is 326 g/mol. The molecule has 0 spiro atoms. The summed E-state index contributed by atoms with van der Waals surface area (Å²) in [6.45, 7) is 2.07. The van der Waals surface area contributed by atoms with Gasteiger partial charge in [0.15, 0.2) is 5.75 Å². The number of methoxy groups -OCH3 is 1. The van der Waals surface area contributed by atoms with Crippen molar-refractivity contribution in [1.82, 2.24) is 0 Å². The van der Waals surface area contributed by atoms with Crippen LogP contribution < -0.4 is 19.7 Å². The molecule has 0 saturated heterocycles. The number of nitrogens with one attached hydrogen (secondary N) is 1. The third-order valence-electron chi connectivity index (χ3n) is 3.71. The van der Waals surface area contributed by atoms with E-state index >= 15 is 0 Å². The first kappa shape index (κ1) is 15.9. The molecule has 1 heterocycles. The number of aryl methyl sites for hydroxylation is 1. The van der Waals surface area contributed by atoms with E-state index in [1.807, 2.05) is 19.1 Å². The second-order valence-electron chi connectivity index (χ2n) is 5.58. The highest BCUT2D eigenvalue weighted by Gasteiger charge is 2.25. The lowest BCUT2D eigenvalue weighted by Gasteiger charge is -2.29. The average Bonchev–Trinajstić information content (AvgIpc) is 2.56. The molecule has 6 nitrogen and oxygen atoms in total. The van der Waals surface area contributed by atoms with Gasteiger partial charge in [-0.3, -0.25) is 4.79 Å². The molecule has 124 valence electrons. The fraction of sp³-hybridized carbons (Fsp3) is 0.222. The molecule has 1 N–H and O–H groups in total. The molecule has 6 heteroatoms.